The van der Waals surface area contributed by atoms with Gasteiger partial charge in [-0.15, -0.1) is 0 Å². The Labute approximate surface area is 92.4 Å². The Balaban J connectivity index is 2.38. The van der Waals surface area contributed by atoms with Gasteiger partial charge in [-0.05, 0) is 20.3 Å². The maximum Gasteiger partial charge on any atom is 0.234 e. The lowest BCUT2D eigenvalue weighted by Gasteiger charge is -2.42. The van der Waals surface area contributed by atoms with E-state index in [9.17, 15) is 4.79 Å². The zero-order chi connectivity index (χ0) is 11.3. The Kier molecular flexibility index (Phi) is 4.54. The van der Waals surface area contributed by atoms with Crippen molar-refractivity contribution in [1.82, 2.24) is 15.5 Å². The molecule has 0 aliphatic carbocycles. The van der Waals surface area contributed by atoms with Crippen molar-refractivity contribution in [2.24, 2.45) is 0 Å². The van der Waals surface area contributed by atoms with Crippen molar-refractivity contribution in [3.8, 4) is 0 Å². The molecule has 0 saturated carbocycles. The van der Waals surface area contributed by atoms with Crippen LogP contribution < -0.4 is 10.6 Å². The van der Waals surface area contributed by atoms with Gasteiger partial charge in [0.15, 0.2) is 0 Å². The molecule has 1 saturated heterocycles. The highest BCUT2D eigenvalue weighted by molar-refractivity contribution is 5.78. The van der Waals surface area contributed by atoms with Crippen LogP contribution in [0.25, 0.3) is 0 Å². The lowest BCUT2D eigenvalue weighted by atomic mass is 10.0. The minimum atomic E-state index is 0.0851. The van der Waals surface area contributed by atoms with Crippen LogP contribution in [0.4, 0.5) is 0 Å². The van der Waals surface area contributed by atoms with Crippen LogP contribution in [-0.4, -0.2) is 49.1 Å². The number of piperazine rings is 1. The monoisotopic (exact) mass is 213 g/mol. The lowest BCUT2D eigenvalue weighted by molar-refractivity contribution is -0.124. The van der Waals surface area contributed by atoms with E-state index in [1.54, 1.807) is 0 Å². The predicted molar refractivity (Wildman–Crippen MR) is 61.8 cm³/mol. The van der Waals surface area contributed by atoms with E-state index in [0.29, 0.717) is 6.54 Å². The molecule has 0 aromatic carbocycles. The fourth-order valence-electron chi connectivity index (χ4n) is 1.81. The molecular weight excluding hydrogens is 190 g/mol. The lowest BCUT2D eigenvalue weighted by Crippen LogP contribution is -2.59. The SMILES string of the molecule is CCCNC(=O)CN1CCNCC1(C)C. The highest BCUT2D eigenvalue weighted by Crippen LogP contribution is 2.15. The molecule has 0 spiro atoms. The average Bonchev–Trinajstić information content (AvgIpc) is 2.18. The van der Waals surface area contributed by atoms with Crippen LogP contribution in [0.3, 0.4) is 0 Å². The van der Waals surface area contributed by atoms with E-state index >= 15 is 0 Å². The van der Waals surface area contributed by atoms with Crippen LogP contribution in [0.15, 0.2) is 0 Å². The minimum Gasteiger partial charge on any atom is -0.355 e. The number of rotatable bonds is 4. The summed E-state index contributed by atoms with van der Waals surface area (Å²) in [5.41, 5.74) is 0.0851. The first kappa shape index (κ1) is 12.5. The summed E-state index contributed by atoms with van der Waals surface area (Å²) in [6.07, 6.45) is 0.997. The summed E-state index contributed by atoms with van der Waals surface area (Å²) in [4.78, 5) is 13.8. The average molecular weight is 213 g/mol. The van der Waals surface area contributed by atoms with Crippen LogP contribution in [0, 0.1) is 0 Å². The van der Waals surface area contributed by atoms with Crippen LogP contribution in [-0.2, 0) is 4.79 Å². The topological polar surface area (TPSA) is 44.4 Å². The molecule has 2 N–H and O–H groups in total. The third kappa shape index (κ3) is 3.80. The van der Waals surface area contributed by atoms with Gasteiger partial charge >= 0.3 is 0 Å². The van der Waals surface area contributed by atoms with Crippen molar-refractivity contribution in [2.45, 2.75) is 32.7 Å². The number of amides is 1. The number of carbonyl (C=O) groups excluding carboxylic acids is 1. The van der Waals surface area contributed by atoms with E-state index in [0.717, 1.165) is 32.6 Å². The smallest absolute Gasteiger partial charge is 0.234 e. The molecule has 0 aromatic heterocycles. The summed E-state index contributed by atoms with van der Waals surface area (Å²) in [5, 5.41) is 6.26. The van der Waals surface area contributed by atoms with Crippen LogP contribution in [0.2, 0.25) is 0 Å². The first-order valence-corrected chi connectivity index (χ1v) is 5.79. The van der Waals surface area contributed by atoms with E-state index in [1.807, 2.05) is 0 Å². The molecule has 0 bridgehead atoms. The van der Waals surface area contributed by atoms with Gasteiger partial charge in [0.2, 0.25) is 5.91 Å². The Bertz CT molecular complexity index is 216. The summed E-state index contributed by atoms with van der Waals surface area (Å²) >= 11 is 0. The quantitative estimate of drug-likeness (QED) is 0.701. The first-order chi connectivity index (χ1) is 7.06. The van der Waals surface area contributed by atoms with Gasteiger partial charge in [0.05, 0.1) is 6.54 Å². The fraction of sp³-hybridized carbons (Fsp3) is 0.909. The van der Waals surface area contributed by atoms with Gasteiger partial charge in [0.25, 0.3) is 0 Å². The minimum absolute atomic E-state index is 0.0851. The molecule has 1 heterocycles. The van der Waals surface area contributed by atoms with E-state index in [1.165, 1.54) is 0 Å². The second-order valence-corrected chi connectivity index (χ2v) is 4.76. The number of nitrogens with one attached hydrogen (secondary N) is 2. The Morgan fingerprint density at radius 1 is 1.53 bits per heavy atom. The molecule has 1 aliphatic rings. The van der Waals surface area contributed by atoms with Crippen molar-refractivity contribution >= 4 is 5.91 Å². The van der Waals surface area contributed by atoms with Crippen LogP contribution >= 0.6 is 0 Å². The van der Waals surface area contributed by atoms with Crippen LogP contribution in [0.1, 0.15) is 27.2 Å². The third-order valence-corrected chi connectivity index (χ3v) is 2.88. The van der Waals surface area contributed by atoms with E-state index < -0.39 is 0 Å². The molecule has 0 aromatic rings. The number of hydrogen-bond acceptors (Lipinski definition) is 3. The molecule has 4 nitrogen and oxygen atoms in total. The van der Waals surface area contributed by atoms with Crippen molar-refractivity contribution in [2.75, 3.05) is 32.7 Å². The van der Waals surface area contributed by atoms with Gasteiger partial charge in [0, 0.05) is 31.7 Å². The molecule has 88 valence electrons. The van der Waals surface area contributed by atoms with E-state index in [4.69, 9.17) is 0 Å². The highest BCUT2D eigenvalue weighted by Gasteiger charge is 2.30. The summed E-state index contributed by atoms with van der Waals surface area (Å²) in [6.45, 7) is 10.6. The van der Waals surface area contributed by atoms with Gasteiger partial charge in [-0.1, -0.05) is 6.92 Å². The molecule has 4 heteroatoms. The Morgan fingerprint density at radius 3 is 2.87 bits per heavy atom. The first-order valence-electron chi connectivity index (χ1n) is 5.79. The van der Waals surface area contributed by atoms with E-state index in [2.05, 4.69) is 36.3 Å². The number of carbonyl (C=O) groups is 1. The molecule has 0 radical (unpaired) electrons. The maximum absolute atomic E-state index is 11.6. The van der Waals surface area contributed by atoms with Crippen molar-refractivity contribution in [1.29, 1.82) is 0 Å². The molecule has 15 heavy (non-hydrogen) atoms. The van der Waals surface area contributed by atoms with Gasteiger partial charge in [0.1, 0.15) is 0 Å². The molecule has 1 fully saturated rings. The van der Waals surface area contributed by atoms with Gasteiger partial charge in [-0.2, -0.15) is 0 Å². The maximum atomic E-state index is 11.6. The Morgan fingerprint density at radius 2 is 2.27 bits per heavy atom. The number of hydrogen-bond donors (Lipinski definition) is 2. The van der Waals surface area contributed by atoms with E-state index in [-0.39, 0.29) is 11.4 Å². The van der Waals surface area contributed by atoms with Crippen LogP contribution in [0.5, 0.6) is 0 Å². The highest BCUT2D eigenvalue weighted by atomic mass is 16.2. The summed E-state index contributed by atoms with van der Waals surface area (Å²) in [5.74, 6) is 0.145. The van der Waals surface area contributed by atoms with Gasteiger partial charge in [-0.25, -0.2) is 0 Å². The van der Waals surface area contributed by atoms with Crippen molar-refractivity contribution < 1.29 is 4.79 Å². The summed E-state index contributed by atoms with van der Waals surface area (Å²) < 4.78 is 0. The molecule has 1 aliphatic heterocycles. The molecule has 0 unspecified atom stereocenters. The summed E-state index contributed by atoms with van der Waals surface area (Å²) in [7, 11) is 0. The third-order valence-electron chi connectivity index (χ3n) is 2.88. The normalized spacial score (nSPS) is 21.3. The fourth-order valence-corrected chi connectivity index (χ4v) is 1.81. The molecule has 1 rings (SSSR count). The Hall–Kier alpha value is -0.610. The number of nitrogens with zero attached hydrogens (tertiary/aromatic N) is 1. The molecule has 1 amide bonds. The second kappa shape index (κ2) is 5.47. The largest absolute Gasteiger partial charge is 0.355 e. The predicted octanol–water partition coefficient (Wildman–Crippen LogP) is 0.196. The van der Waals surface area contributed by atoms with Gasteiger partial charge in [-0.3, -0.25) is 9.69 Å². The zero-order valence-electron chi connectivity index (χ0n) is 10.1. The second-order valence-electron chi connectivity index (χ2n) is 4.76. The van der Waals surface area contributed by atoms with Crippen molar-refractivity contribution in [3.63, 3.8) is 0 Å². The molecule has 0 atom stereocenters. The molecular formula is C11H23N3O. The van der Waals surface area contributed by atoms with Gasteiger partial charge < -0.3 is 10.6 Å². The standard InChI is InChI=1S/C11H23N3O/c1-4-5-13-10(15)8-14-7-6-12-9-11(14,2)3/h12H,4-9H2,1-3H3,(H,13,15). The summed E-state index contributed by atoms with van der Waals surface area (Å²) in [6, 6.07) is 0. The zero-order valence-corrected chi connectivity index (χ0v) is 10.1. The van der Waals surface area contributed by atoms with Crippen molar-refractivity contribution in [3.05, 3.63) is 0 Å².